The lowest BCUT2D eigenvalue weighted by Gasteiger charge is -2.22. The molecule has 0 aliphatic rings. The van der Waals surface area contributed by atoms with Crippen LogP contribution in [0.25, 0.3) is 17.0 Å². The van der Waals surface area contributed by atoms with Gasteiger partial charge in [-0.3, -0.25) is 4.40 Å². The minimum atomic E-state index is -0.0698. The van der Waals surface area contributed by atoms with Crippen LogP contribution in [0.15, 0.2) is 36.7 Å². The quantitative estimate of drug-likeness (QED) is 0.742. The summed E-state index contributed by atoms with van der Waals surface area (Å²) in [6.45, 7) is 6.36. The Hall–Kier alpha value is -1.94. The van der Waals surface area contributed by atoms with Crippen molar-refractivity contribution >= 4 is 23.1 Å². The number of nitrogens with one attached hydrogen (secondary N) is 2. The molecule has 0 saturated heterocycles. The van der Waals surface area contributed by atoms with Crippen LogP contribution in [0, 0.1) is 0 Å². The van der Waals surface area contributed by atoms with E-state index in [1.165, 1.54) is 0 Å². The molecule has 3 heterocycles. The summed E-state index contributed by atoms with van der Waals surface area (Å²) >= 11 is 6.11. The molecule has 0 unspecified atom stereocenters. The molecule has 0 atom stereocenters. The summed E-state index contributed by atoms with van der Waals surface area (Å²) < 4.78 is 1.99. The highest BCUT2D eigenvalue weighted by molar-refractivity contribution is 6.30. The van der Waals surface area contributed by atoms with Crippen molar-refractivity contribution in [3.63, 3.8) is 0 Å². The van der Waals surface area contributed by atoms with Crippen molar-refractivity contribution in [1.82, 2.24) is 14.4 Å². The molecule has 3 aromatic rings. The largest absolute Gasteiger partial charge is 0.365 e. The number of pyridine rings is 1. The van der Waals surface area contributed by atoms with Gasteiger partial charge in [0.05, 0.1) is 10.7 Å². The second-order valence-corrected chi connectivity index (χ2v) is 6.28. The Balaban J connectivity index is 2.25. The summed E-state index contributed by atoms with van der Waals surface area (Å²) in [4.78, 5) is 7.90. The zero-order chi connectivity index (χ0) is 14.3. The van der Waals surface area contributed by atoms with Crippen LogP contribution in [0.2, 0.25) is 5.02 Å². The number of anilines is 1. The summed E-state index contributed by atoms with van der Waals surface area (Å²) in [5, 5.41) is 4.20. The van der Waals surface area contributed by atoms with Crippen molar-refractivity contribution in [2.45, 2.75) is 26.3 Å². The molecule has 2 N–H and O–H groups in total. The summed E-state index contributed by atoms with van der Waals surface area (Å²) in [6, 6.07) is 7.75. The third-order valence-corrected chi connectivity index (χ3v) is 3.15. The molecule has 3 rings (SSSR count). The Morgan fingerprint density at radius 3 is 2.70 bits per heavy atom. The van der Waals surface area contributed by atoms with Gasteiger partial charge in [0.2, 0.25) is 0 Å². The Kier molecular flexibility index (Phi) is 2.98. The lowest BCUT2D eigenvalue weighted by molar-refractivity contribution is 0.629. The third-order valence-electron chi connectivity index (χ3n) is 2.93. The van der Waals surface area contributed by atoms with E-state index < -0.39 is 0 Å². The van der Waals surface area contributed by atoms with Crippen LogP contribution in [-0.2, 0) is 0 Å². The van der Waals surface area contributed by atoms with E-state index in [9.17, 15) is 0 Å². The molecule has 0 radical (unpaired) electrons. The number of aromatic amines is 1. The molecule has 3 aromatic heterocycles. The Morgan fingerprint density at radius 2 is 2.05 bits per heavy atom. The molecule has 0 aromatic carbocycles. The average Bonchev–Trinajstić information content (AvgIpc) is 2.96. The second kappa shape index (κ2) is 4.56. The fraction of sp³-hybridized carbons (Fsp3) is 0.267. The van der Waals surface area contributed by atoms with Crippen molar-refractivity contribution in [2.24, 2.45) is 0 Å². The topological polar surface area (TPSA) is 45.1 Å². The number of H-pyrrole nitrogens is 1. The first-order valence-electron chi connectivity index (χ1n) is 6.53. The third kappa shape index (κ3) is 2.39. The molecule has 20 heavy (non-hydrogen) atoms. The minimum Gasteiger partial charge on any atom is -0.365 e. The zero-order valence-electron chi connectivity index (χ0n) is 11.7. The normalized spacial score (nSPS) is 12.0. The first kappa shape index (κ1) is 13.1. The highest BCUT2D eigenvalue weighted by Gasteiger charge is 2.19. The van der Waals surface area contributed by atoms with Gasteiger partial charge < -0.3 is 10.3 Å². The molecule has 104 valence electrons. The molecule has 0 spiro atoms. The summed E-state index contributed by atoms with van der Waals surface area (Å²) in [7, 11) is 0. The number of nitrogens with zero attached hydrogens (tertiary/aromatic N) is 2. The van der Waals surface area contributed by atoms with Crippen LogP contribution in [-0.4, -0.2) is 19.9 Å². The van der Waals surface area contributed by atoms with Gasteiger partial charge in [0.25, 0.3) is 0 Å². The first-order valence-corrected chi connectivity index (χ1v) is 6.91. The highest BCUT2D eigenvalue weighted by atomic mass is 35.5. The maximum Gasteiger partial charge on any atom is 0.140 e. The van der Waals surface area contributed by atoms with Gasteiger partial charge in [-0.15, -0.1) is 0 Å². The molecule has 4 nitrogen and oxygen atoms in total. The van der Waals surface area contributed by atoms with Gasteiger partial charge in [-0.2, -0.15) is 0 Å². The molecule has 5 heteroatoms. The van der Waals surface area contributed by atoms with E-state index in [2.05, 4.69) is 31.1 Å². The number of hydrogen-bond acceptors (Lipinski definition) is 2. The van der Waals surface area contributed by atoms with Crippen molar-refractivity contribution < 1.29 is 0 Å². The van der Waals surface area contributed by atoms with Crippen LogP contribution in [0.4, 0.5) is 5.82 Å². The molecule has 0 saturated carbocycles. The number of aromatic nitrogens is 3. The number of rotatable bonds is 2. The predicted octanol–water partition coefficient (Wildman–Crippen LogP) is 4.19. The lowest BCUT2D eigenvalue weighted by atomic mass is 10.1. The van der Waals surface area contributed by atoms with Gasteiger partial charge >= 0.3 is 0 Å². The fourth-order valence-electron chi connectivity index (χ4n) is 2.16. The Morgan fingerprint density at radius 1 is 1.25 bits per heavy atom. The highest BCUT2D eigenvalue weighted by Crippen LogP contribution is 2.30. The number of imidazole rings is 1. The number of halogens is 1. The molecular weight excluding hydrogens is 272 g/mol. The van der Waals surface area contributed by atoms with Crippen LogP contribution in [0.3, 0.4) is 0 Å². The minimum absolute atomic E-state index is 0.0698. The van der Waals surface area contributed by atoms with Crippen molar-refractivity contribution in [3.8, 4) is 11.4 Å². The van der Waals surface area contributed by atoms with E-state index >= 15 is 0 Å². The van der Waals surface area contributed by atoms with Gasteiger partial charge in [-0.1, -0.05) is 11.6 Å². The van der Waals surface area contributed by atoms with E-state index in [1.807, 2.05) is 41.1 Å². The van der Waals surface area contributed by atoms with Crippen LogP contribution < -0.4 is 5.32 Å². The van der Waals surface area contributed by atoms with Gasteiger partial charge in [0.1, 0.15) is 17.2 Å². The van der Waals surface area contributed by atoms with E-state index in [4.69, 9.17) is 16.6 Å². The van der Waals surface area contributed by atoms with Crippen LogP contribution >= 0.6 is 11.6 Å². The maximum atomic E-state index is 6.11. The molecule has 0 amide bonds. The lowest BCUT2D eigenvalue weighted by Crippen LogP contribution is -2.27. The molecular formula is C15H17ClN4. The van der Waals surface area contributed by atoms with E-state index in [0.717, 1.165) is 22.9 Å². The molecule has 0 fully saturated rings. The van der Waals surface area contributed by atoms with Gasteiger partial charge in [0, 0.05) is 17.9 Å². The van der Waals surface area contributed by atoms with E-state index in [0.29, 0.717) is 5.02 Å². The Bertz CT molecular complexity index is 735. The summed E-state index contributed by atoms with van der Waals surface area (Å²) in [5.41, 5.74) is 2.68. The van der Waals surface area contributed by atoms with Crippen molar-refractivity contribution in [3.05, 3.63) is 41.7 Å². The number of fused-ring (bicyclic) bond motifs is 1. The standard InChI is InChI=1S/C15H17ClN4/c1-15(2,3)19-14-13(11-5-4-8-17-11)18-12-7-6-10(16)9-20(12)14/h4-9,17,19H,1-3H3. The summed E-state index contributed by atoms with van der Waals surface area (Å²) in [5.74, 6) is 0.942. The monoisotopic (exact) mass is 288 g/mol. The van der Waals surface area contributed by atoms with Crippen molar-refractivity contribution in [2.75, 3.05) is 5.32 Å². The van der Waals surface area contributed by atoms with Gasteiger partial charge in [-0.25, -0.2) is 4.98 Å². The van der Waals surface area contributed by atoms with Crippen molar-refractivity contribution in [1.29, 1.82) is 0 Å². The SMILES string of the molecule is CC(C)(C)Nc1c(-c2ccc[nH]2)nc2ccc(Cl)cn12. The zero-order valence-corrected chi connectivity index (χ0v) is 12.5. The smallest absolute Gasteiger partial charge is 0.140 e. The predicted molar refractivity (Wildman–Crippen MR) is 83.4 cm³/mol. The number of hydrogen-bond donors (Lipinski definition) is 2. The first-order chi connectivity index (χ1) is 9.44. The maximum absolute atomic E-state index is 6.11. The molecule has 0 aliphatic heterocycles. The van der Waals surface area contributed by atoms with Gasteiger partial charge in [0.15, 0.2) is 0 Å². The molecule has 0 bridgehead atoms. The van der Waals surface area contributed by atoms with Crippen LogP contribution in [0.5, 0.6) is 0 Å². The fourth-order valence-corrected chi connectivity index (χ4v) is 2.32. The van der Waals surface area contributed by atoms with E-state index in [-0.39, 0.29) is 5.54 Å². The van der Waals surface area contributed by atoms with Crippen LogP contribution in [0.1, 0.15) is 20.8 Å². The average molecular weight is 289 g/mol. The summed E-state index contributed by atoms with van der Waals surface area (Å²) in [6.07, 6.45) is 3.78. The molecule has 0 aliphatic carbocycles. The van der Waals surface area contributed by atoms with Gasteiger partial charge in [-0.05, 0) is 45.0 Å². The second-order valence-electron chi connectivity index (χ2n) is 5.84. The van der Waals surface area contributed by atoms with E-state index in [1.54, 1.807) is 0 Å². The Labute approximate surface area is 122 Å².